The zero-order valence-corrected chi connectivity index (χ0v) is 22.5. The molecule has 0 spiro atoms. The highest BCUT2D eigenvalue weighted by atomic mass is 79.9. The Morgan fingerprint density at radius 2 is 1.62 bits per heavy atom. The van der Waals surface area contributed by atoms with Gasteiger partial charge in [0.1, 0.15) is 12.4 Å². The van der Waals surface area contributed by atoms with Crippen molar-refractivity contribution >= 4 is 61.4 Å². The van der Waals surface area contributed by atoms with Crippen LogP contribution < -0.4 is 19.1 Å². The fourth-order valence-corrected chi connectivity index (χ4v) is 5.58. The Kier molecular flexibility index (Phi) is 7.21. The molecular weight excluding hydrogens is 554 g/mol. The number of carbonyl (C=O) groups is 2. The lowest BCUT2D eigenvalue weighted by Crippen LogP contribution is -2.28. The van der Waals surface area contributed by atoms with Crippen LogP contribution in [0.2, 0.25) is 0 Å². The van der Waals surface area contributed by atoms with Crippen molar-refractivity contribution in [1.82, 2.24) is 0 Å². The number of hydrogen-bond acceptors (Lipinski definition) is 6. The number of anilines is 1. The highest BCUT2D eigenvalue weighted by molar-refractivity contribution is 9.10. The van der Waals surface area contributed by atoms with Gasteiger partial charge in [-0.05, 0) is 79.9 Å². The minimum atomic E-state index is -0.411. The minimum absolute atomic E-state index is 0.300. The van der Waals surface area contributed by atoms with Crippen molar-refractivity contribution in [2.24, 2.45) is 0 Å². The van der Waals surface area contributed by atoms with E-state index in [1.807, 2.05) is 30.3 Å². The number of para-hydroxylation sites is 2. The lowest BCUT2D eigenvalue weighted by molar-refractivity contribution is -0.113. The Hall–Kier alpha value is -3.75. The number of ether oxygens (including phenoxy) is 3. The van der Waals surface area contributed by atoms with Gasteiger partial charge in [-0.15, -0.1) is 0 Å². The Morgan fingerprint density at radius 3 is 2.43 bits per heavy atom. The van der Waals surface area contributed by atoms with E-state index in [1.165, 1.54) is 7.11 Å². The average Bonchev–Trinajstić information content (AvgIpc) is 3.19. The van der Waals surface area contributed by atoms with Crippen LogP contribution in [-0.2, 0) is 11.4 Å². The van der Waals surface area contributed by atoms with E-state index >= 15 is 0 Å². The minimum Gasteiger partial charge on any atom is -0.495 e. The molecule has 0 aromatic heterocycles. The highest BCUT2D eigenvalue weighted by Crippen LogP contribution is 2.42. The summed E-state index contributed by atoms with van der Waals surface area (Å²) < 4.78 is 17.8. The maximum atomic E-state index is 13.2. The second-order valence-electron chi connectivity index (χ2n) is 8.15. The van der Waals surface area contributed by atoms with Crippen LogP contribution in [0.4, 0.5) is 10.5 Å². The summed E-state index contributed by atoms with van der Waals surface area (Å²) in [5.74, 6) is 1.09. The Labute approximate surface area is 227 Å². The third kappa shape index (κ3) is 4.95. The fraction of sp³-hybridized carbons (Fsp3) is 0.103. The molecule has 1 aliphatic rings. The molecule has 4 aromatic rings. The van der Waals surface area contributed by atoms with E-state index in [-0.39, 0.29) is 5.24 Å². The normalized spacial score (nSPS) is 14.5. The highest BCUT2D eigenvalue weighted by Gasteiger charge is 2.37. The van der Waals surface area contributed by atoms with E-state index in [2.05, 4.69) is 34.1 Å². The van der Waals surface area contributed by atoms with Crippen molar-refractivity contribution < 1.29 is 23.8 Å². The zero-order valence-electron chi connectivity index (χ0n) is 20.1. The van der Waals surface area contributed by atoms with E-state index < -0.39 is 5.91 Å². The summed E-state index contributed by atoms with van der Waals surface area (Å²) in [5, 5.41) is 1.89. The maximum absolute atomic E-state index is 13.2. The Balaban J connectivity index is 1.41. The van der Waals surface area contributed by atoms with Gasteiger partial charge in [-0.1, -0.05) is 54.6 Å². The van der Waals surface area contributed by atoms with Gasteiger partial charge >= 0.3 is 0 Å². The Morgan fingerprint density at radius 1 is 0.892 bits per heavy atom. The summed E-state index contributed by atoms with van der Waals surface area (Å²) in [6.45, 7) is 0.355. The molecule has 1 aliphatic heterocycles. The first-order valence-corrected chi connectivity index (χ1v) is 13.0. The van der Waals surface area contributed by atoms with Crippen molar-refractivity contribution in [1.29, 1.82) is 0 Å². The maximum Gasteiger partial charge on any atom is 0.298 e. The van der Waals surface area contributed by atoms with Crippen molar-refractivity contribution in [2.45, 2.75) is 6.61 Å². The van der Waals surface area contributed by atoms with Gasteiger partial charge in [0.25, 0.3) is 11.1 Å². The summed E-state index contributed by atoms with van der Waals surface area (Å²) >= 11 is 4.46. The number of halogens is 1. The molecule has 1 saturated heterocycles. The predicted molar refractivity (Wildman–Crippen MR) is 150 cm³/mol. The topological polar surface area (TPSA) is 65.1 Å². The summed E-state index contributed by atoms with van der Waals surface area (Å²) in [5.41, 5.74) is 2.15. The Bertz CT molecular complexity index is 1550. The second-order valence-corrected chi connectivity index (χ2v) is 10.00. The van der Waals surface area contributed by atoms with Crippen molar-refractivity contribution in [2.75, 3.05) is 19.1 Å². The molecule has 6 nitrogen and oxygen atoms in total. The number of benzene rings is 4. The summed E-state index contributed by atoms with van der Waals surface area (Å²) in [6.07, 6.45) is 1.67. The van der Waals surface area contributed by atoms with Crippen LogP contribution in [0, 0.1) is 0 Å². The van der Waals surface area contributed by atoms with E-state index in [4.69, 9.17) is 14.2 Å². The van der Waals surface area contributed by atoms with E-state index in [1.54, 1.807) is 43.5 Å². The first-order chi connectivity index (χ1) is 18.0. The molecule has 2 amide bonds. The lowest BCUT2D eigenvalue weighted by atomic mass is 10.1. The molecule has 186 valence electrons. The third-order valence-corrected chi connectivity index (χ3v) is 7.38. The summed E-state index contributed by atoms with van der Waals surface area (Å²) in [7, 11) is 3.06. The molecule has 0 radical (unpaired) electrons. The van der Waals surface area contributed by atoms with Gasteiger partial charge in [0.05, 0.1) is 29.3 Å². The van der Waals surface area contributed by atoms with Crippen LogP contribution in [0.1, 0.15) is 11.1 Å². The number of nitrogens with zero attached hydrogens (tertiary/aromatic N) is 1. The van der Waals surface area contributed by atoms with Crippen LogP contribution in [0.5, 0.6) is 17.2 Å². The van der Waals surface area contributed by atoms with Crippen molar-refractivity contribution in [3.05, 3.63) is 99.4 Å². The number of imide groups is 1. The van der Waals surface area contributed by atoms with Gasteiger partial charge in [0, 0.05) is 0 Å². The standard InChI is InChI=1S/C29H22BrNO5S/c1-34-24-13-6-5-12-23(24)31-28(32)26(37-29(31)33)16-18-14-22(30)27(25(15-18)35-2)36-17-20-10-7-9-19-8-3-4-11-21(19)20/h3-16H,17H2,1-2H3/b26-16-. The average molecular weight is 576 g/mol. The molecule has 4 aromatic carbocycles. The second kappa shape index (κ2) is 10.7. The molecular formula is C29H22BrNO5S. The molecule has 0 atom stereocenters. The van der Waals surface area contributed by atoms with Crippen LogP contribution in [0.25, 0.3) is 16.8 Å². The monoisotopic (exact) mass is 575 g/mol. The number of rotatable bonds is 7. The van der Waals surface area contributed by atoms with Crippen LogP contribution in [0.15, 0.2) is 88.2 Å². The van der Waals surface area contributed by atoms with E-state index in [0.29, 0.717) is 44.5 Å². The van der Waals surface area contributed by atoms with Crippen LogP contribution >= 0.6 is 27.7 Å². The number of hydrogen-bond donors (Lipinski definition) is 0. The largest absolute Gasteiger partial charge is 0.495 e. The molecule has 5 rings (SSSR count). The SMILES string of the molecule is COc1ccccc1N1C(=O)S/C(=C\c2cc(Br)c(OCc3cccc4ccccc34)c(OC)c2)C1=O. The zero-order chi connectivity index (χ0) is 25.9. The number of amides is 2. The summed E-state index contributed by atoms with van der Waals surface area (Å²) in [4.78, 5) is 27.3. The van der Waals surface area contributed by atoms with Crippen LogP contribution in [0.3, 0.4) is 0 Å². The van der Waals surface area contributed by atoms with Gasteiger partial charge in [0.2, 0.25) is 0 Å². The molecule has 0 unspecified atom stereocenters. The molecule has 0 bridgehead atoms. The molecule has 0 saturated carbocycles. The molecule has 8 heteroatoms. The third-order valence-electron chi connectivity index (χ3n) is 5.92. The molecule has 37 heavy (non-hydrogen) atoms. The van der Waals surface area contributed by atoms with Gasteiger partial charge in [-0.25, -0.2) is 4.90 Å². The smallest absolute Gasteiger partial charge is 0.298 e. The van der Waals surface area contributed by atoms with Gasteiger partial charge in [-0.3, -0.25) is 9.59 Å². The lowest BCUT2D eigenvalue weighted by Gasteiger charge is -2.16. The van der Waals surface area contributed by atoms with Gasteiger partial charge in [-0.2, -0.15) is 0 Å². The van der Waals surface area contributed by atoms with Crippen molar-refractivity contribution in [3.8, 4) is 17.2 Å². The molecule has 0 N–H and O–H groups in total. The molecule has 1 heterocycles. The number of thioether (sulfide) groups is 1. The van der Waals surface area contributed by atoms with Crippen molar-refractivity contribution in [3.63, 3.8) is 0 Å². The van der Waals surface area contributed by atoms with E-state index in [9.17, 15) is 9.59 Å². The quantitative estimate of drug-likeness (QED) is 0.213. The van der Waals surface area contributed by atoms with Crippen LogP contribution in [-0.4, -0.2) is 25.4 Å². The van der Waals surface area contributed by atoms with E-state index in [0.717, 1.165) is 33.0 Å². The number of methoxy groups -OCH3 is 2. The molecule has 0 aliphatic carbocycles. The summed E-state index contributed by atoms with van der Waals surface area (Å²) in [6, 6.07) is 24.8. The molecule has 1 fully saturated rings. The number of carbonyl (C=O) groups excluding carboxylic acids is 2. The number of fused-ring (bicyclic) bond motifs is 1. The predicted octanol–water partition coefficient (Wildman–Crippen LogP) is 7.44. The first kappa shape index (κ1) is 24.9. The fourth-order valence-electron chi connectivity index (χ4n) is 4.17. The first-order valence-electron chi connectivity index (χ1n) is 11.4. The van der Waals surface area contributed by atoms with Gasteiger partial charge < -0.3 is 14.2 Å². The van der Waals surface area contributed by atoms with Gasteiger partial charge in [0.15, 0.2) is 11.5 Å².